The van der Waals surface area contributed by atoms with Crippen LogP contribution in [0.3, 0.4) is 0 Å². The average Bonchev–Trinajstić information content (AvgIpc) is 3.35. The van der Waals surface area contributed by atoms with Crippen LogP contribution in [-0.2, 0) is 17.9 Å². The standard InChI is InChI=1S/C22H19ClN4O4/c1-14-6-11-19(31-14)22(29)26-25-21(28)12-27-18-5-3-2-4-17(18)24-20(27)13-30-16-9-7-15(23)8-10-16/h2-11H,12-13H2,1H3,(H,25,28)(H,26,29). The van der Waals surface area contributed by atoms with Gasteiger partial charge in [0.25, 0.3) is 5.91 Å². The number of nitrogens with zero attached hydrogens (tertiary/aromatic N) is 2. The molecule has 31 heavy (non-hydrogen) atoms. The number of furan rings is 1. The minimum Gasteiger partial charge on any atom is -0.486 e. The summed E-state index contributed by atoms with van der Waals surface area (Å²) in [5, 5.41) is 0.614. The van der Waals surface area contributed by atoms with Gasteiger partial charge >= 0.3 is 5.91 Å². The first-order valence-corrected chi connectivity index (χ1v) is 9.85. The molecule has 0 bridgehead atoms. The zero-order valence-corrected chi connectivity index (χ0v) is 17.3. The smallest absolute Gasteiger partial charge is 0.305 e. The quantitative estimate of drug-likeness (QED) is 0.448. The number of rotatable bonds is 6. The molecule has 4 rings (SSSR count). The number of nitrogens with one attached hydrogen (secondary N) is 2. The Balaban J connectivity index is 1.46. The van der Waals surface area contributed by atoms with E-state index in [9.17, 15) is 9.59 Å². The number of ether oxygens (including phenoxy) is 1. The molecule has 0 saturated heterocycles. The van der Waals surface area contributed by atoms with Gasteiger partial charge in [0, 0.05) is 5.02 Å². The van der Waals surface area contributed by atoms with Gasteiger partial charge < -0.3 is 13.7 Å². The molecule has 2 heterocycles. The minimum absolute atomic E-state index is 0.0582. The second-order valence-electron chi connectivity index (χ2n) is 6.76. The van der Waals surface area contributed by atoms with Crippen molar-refractivity contribution in [2.45, 2.75) is 20.1 Å². The molecule has 8 nitrogen and oxygen atoms in total. The zero-order chi connectivity index (χ0) is 21.8. The van der Waals surface area contributed by atoms with Crippen molar-refractivity contribution >= 4 is 34.4 Å². The highest BCUT2D eigenvalue weighted by Crippen LogP contribution is 2.20. The molecule has 158 valence electrons. The molecule has 0 radical (unpaired) electrons. The van der Waals surface area contributed by atoms with E-state index in [-0.39, 0.29) is 18.9 Å². The van der Waals surface area contributed by atoms with E-state index in [1.54, 1.807) is 41.8 Å². The van der Waals surface area contributed by atoms with E-state index in [4.69, 9.17) is 20.8 Å². The lowest BCUT2D eigenvalue weighted by atomic mass is 10.3. The molecule has 0 aliphatic carbocycles. The molecule has 4 aromatic rings. The van der Waals surface area contributed by atoms with Crippen LogP contribution >= 0.6 is 11.6 Å². The van der Waals surface area contributed by atoms with Crippen molar-refractivity contribution in [3.63, 3.8) is 0 Å². The maximum Gasteiger partial charge on any atom is 0.305 e. The van der Waals surface area contributed by atoms with Gasteiger partial charge in [0.05, 0.1) is 11.0 Å². The number of hydrogen-bond acceptors (Lipinski definition) is 5. The number of benzene rings is 2. The van der Waals surface area contributed by atoms with Gasteiger partial charge in [0.1, 0.15) is 30.5 Å². The van der Waals surface area contributed by atoms with Crippen LogP contribution < -0.4 is 15.6 Å². The normalized spacial score (nSPS) is 10.8. The molecule has 0 atom stereocenters. The minimum atomic E-state index is -0.539. The molecular formula is C22H19ClN4O4. The number of hydrogen-bond donors (Lipinski definition) is 2. The molecule has 0 aliphatic rings. The van der Waals surface area contributed by atoms with Crippen molar-refractivity contribution in [3.8, 4) is 5.75 Å². The number of hydrazine groups is 1. The number of carbonyl (C=O) groups is 2. The van der Waals surface area contributed by atoms with Crippen LogP contribution in [0.15, 0.2) is 65.1 Å². The number of carbonyl (C=O) groups excluding carboxylic acids is 2. The van der Waals surface area contributed by atoms with Gasteiger partial charge in [0.2, 0.25) is 0 Å². The Bertz CT molecular complexity index is 1230. The summed E-state index contributed by atoms with van der Waals surface area (Å²) in [5.74, 6) is 0.957. The first kappa shape index (κ1) is 20.5. The Morgan fingerprint density at radius 1 is 1.06 bits per heavy atom. The molecule has 0 unspecified atom stereocenters. The molecule has 2 aromatic carbocycles. The summed E-state index contributed by atoms with van der Waals surface area (Å²) in [6.45, 7) is 1.83. The molecule has 2 N–H and O–H groups in total. The summed E-state index contributed by atoms with van der Waals surface area (Å²) in [6, 6.07) is 17.6. The maximum absolute atomic E-state index is 12.5. The predicted molar refractivity (Wildman–Crippen MR) is 115 cm³/mol. The maximum atomic E-state index is 12.5. The second kappa shape index (κ2) is 8.93. The van der Waals surface area contributed by atoms with E-state index in [1.165, 1.54) is 6.07 Å². The van der Waals surface area contributed by atoms with Crippen LogP contribution in [0.2, 0.25) is 5.02 Å². The van der Waals surface area contributed by atoms with Gasteiger partial charge in [-0.2, -0.15) is 0 Å². The number of aromatic nitrogens is 2. The third-order valence-electron chi connectivity index (χ3n) is 4.50. The van der Waals surface area contributed by atoms with Crippen molar-refractivity contribution in [1.29, 1.82) is 0 Å². The number of para-hydroxylation sites is 2. The fraction of sp³-hybridized carbons (Fsp3) is 0.136. The lowest BCUT2D eigenvalue weighted by Gasteiger charge is -2.11. The lowest BCUT2D eigenvalue weighted by molar-refractivity contribution is -0.122. The largest absolute Gasteiger partial charge is 0.486 e. The third kappa shape index (κ3) is 4.87. The van der Waals surface area contributed by atoms with E-state index < -0.39 is 11.8 Å². The summed E-state index contributed by atoms with van der Waals surface area (Å²) in [6.07, 6.45) is 0. The Morgan fingerprint density at radius 3 is 2.58 bits per heavy atom. The molecule has 0 spiro atoms. The van der Waals surface area contributed by atoms with Gasteiger partial charge in [-0.15, -0.1) is 0 Å². The second-order valence-corrected chi connectivity index (χ2v) is 7.19. The monoisotopic (exact) mass is 438 g/mol. The topological polar surface area (TPSA) is 98.4 Å². The van der Waals surface area contributed by atoms with Crippen LogP contribution in [0.1, 0.15) is 22.1 Å². The number of aryl methyl sites for hydroxylation is 1. The van der Waals surface area contributed by atoms with E-state index in [1.807, 2.05) is 24.3 Å². The van der Waals surface area contributed by atoms with Crippen molar-refractivity contribution in [1.82, 2.24) is 20.4 Å². The van der Waals surface area contributed by atoms with Crippen LogP contribution in [-0.4, -0.2) is 21.4 Å². The van der Waals surface area contributed by atoms with E-state index in [0.717, 1.165) is 11.0 Å². The Labute approximate surface area is 182 Å². The molecule has 0 aliphatic heterocycles. The van der Waals surface area contributed by atoms with E-state index in [2.05, 4.69) is 15.8 Å². The summed E-state index contributed by atoms with van der Waals surface area (Å²) in [7, 11) is 0. The zero-order valence-electron chi connectivity index (χ0n) is 16.6. The van der Waals surface area contributed by atoms with Crippen LogP contribution in [0.4, 0.5) is 0 Å². The van der Waals surface area contributed by atoms with Gasteiger partial charge in [-0.25, -0.2) is 4.98 Å². The summed E-state index contributed by atoms with van der Waals surface area (Å²) >= 11 is 5.90. The third-order valence-corrected chi connectivity index (χ3v) is 4.75. The Morgan fingerprint density at radius 2 is 1.84 bits per heavy atom. The number of fused-ring (bicyclic) bond motifs is 1. The van der Waals surface area contributed by atoms with Crippen molar-refractivity contribution in [2.24, 2.45) is 0 Å². The molecule has 9 heteroatoms. The summed E-state index contributed by atoms with van der Waals surface area (Å²) < 4.78 is 12.8. The Kier molecular flexibility index (Phi) is 5.90. The van der Waals surface area contributed by atoms with Crippen LogP contribution in [0.5, 0.6) is 5.75 Å². The molecule has 2 aromatic heterocycles. The SMILES string of the molecule is Cc1ccc(C(=O)NNC(=O)Cn2c(COc3ccc(Cl)cc3)nc3ccccc32)o1. The Hall–Kier alpha value is -3.78. The number of halogens is 1. The molecular weight excluding hydrogens is 420 g/mol. The first-order valence-electron chi connectivity index (χ1n) is 9.48. The van der Waals surface area contributed by atoms with Crippen molar-refractivity contribution in [3.05, 3.63) is 83.0 Å². The van der Waals surface area contributed by atoms with Gasteiger partial charge in [-0.05, 0) is 55.5 Å². The molecule has 0 fully saturated rings. The number of amides is 2. The number of imidazole rings is 1. The predicted octanol–water partition coefficient (Wildman–Crippen LogP) is 3.63. The molecule has 2 amide bonds. The lowest BCUT2D eigenvalue weighted by Crippen LogP contribution is -2.43. The fourth-order valence-corrected chi connectivity index (χ4v) is 3.14. The summed E-state index contributed by atoms with van der Waals surface area (Å²) in [5.41, 5.74) is 6.26. The van der Waals surface area contributed by atoms with Gasteiger partial charge in [-0.3, -0.25) is 20.4 Å². The van der Waals surface area contributed by atoms with Gasteiger partial charge in [0.15, 0.2) is 5.76 Å². The van der Waals surface area contributed by atoms with Crippen LogP contribution in [0, 0.1) is 6.92 Å². The summed E-state index contributed by atoms with van der Waals surface area (Å²) in [4.78, 5) is 29.1. The van der Waals surface area contributed by atoms with E-state index >= 15 is 0 Å². The highest BCUT2D eigenvalue weighted by Gasteiger charge is 2.16. The van der Waals surface area contributed by atoms with Crippen molar-refractivity contribution in [2.75, 3.05) is 0 Å². The molecule has 0 saturated carbocycles. The highest BCUT2D eigenvalue weighted by molar-refractivity contribution is 6.30. The van der Waals surface area contributed by atoms with Crippen molar-refractivity contribution < 1.29 is 18.7 Å². The highest BCUT2D eigenvalue weighted by atomic mass is 35.5. The first-order chi connectivity index (χ1) is 15.0. The van der Waals surface area contributed by atoms with E-state index in [0.29, 0.717) is 22.4 Å². The average molecular weight is 439 g/mol. The van der Waals surface area contributed by atoms with Gasteiger partial charge in [-0.1, -0.05) is 23.7 Å². The van der Waals surface area contributed by atoms with Crippen LogP contribution in [0.25, 0.3) is 11.0 Å². The fourth-order valence-electron chi connectivity index (χ4n) is 3.02.